The summed E-state index contributed by atoms with van der Waals surface area (Å²) < 4.78 is 0. The normalized spacial score (nSPS) is 7.11. The minimum atomic E-state index is -0.954. The first-order valence-electron chi connectivity index (χ1n) is 2.20. The summed E-state index contributed by atoms with van der Waals surface area (Å²) in [6.45, 7) is 6.63. The Bertz CT molecular complexity index is 129. The molecule has 9 heavy (non-hydrogen) atoms. The summed E-state index contributed by atoms with van der Waals surface area (Å²) in [6, 6.07) is 0. The van der Waals surface area contributed by atoms with Crippen LogP contribution in [0.4, 0.5) is 0 Å². The SMILES string of the molecule is C=CCC(=C)C(=O)O.N. The zero-order valence-corrected chi connectivity index (χ0v) is 5.26. The molecule has 3 nitrogen and oxygen atoms in total. The molecule has 3 heteroatoms. The molecule has 0 rings (SSSR count). The van der Waals surface area contributed by atoms with Crippen LogP contribution in [0.25, 0.3) is 0 Å². The highest BCUT2D eigenvalue weighted by atomic mass is 16.4. The van der Waals surface area contributed by atoms with Gasteiger partial charge in [0.15, 0.2) is 0 Å². The minimum Gasteiger partial charge on any atom is -0.478 e. The minimum absolute atomic E-state index is 0. The van der Waals surface area contributed by atoms with Gasteiger partial charge < -0.3 is 11.3 Å². The fourth-order valence-electron chi connectivity index (χ4n) is 0.262. The second kappa shape index (κ2) is 5.05. The van der Waals surface area contributed by atoms with Crippen LogP contribution in [-0.4, -0.2) is 11.1 Å². The largest absolute Gasteiger partial charge is 0.478 e. The monoisotopic (exact) mass is 129 g/mol. The Hall–Kier alpha value is -1.09. The van der Waals surface area contributed by atoms with E-state index in [1.54, 1.807) is 0 Å². The van der Waals surface area contributed by atoms with Crippen LogP contribution in [0.15, 0.2) is 24.8 Å². The van der Waals surface area contributed by atoms with E-state index in [0.29, 0.717) is 6.42 Å². The molecule has 0 aromatic rings. The van der Waals surface area contributed by atoms with E-state index in [1.807, 2.05) is 0 Å². The molecule has 0 atom stereocenters. The third-order valence-electron chi connectivity index (χ3n) is 0.693. The van der Waals surface area contributed by atoms with E-state index in [-0.39, 0.29) is 11.7 Å². The second-order valence-corrected chi connectivity index (χ2v) is 1.40. The maximum atomic E-state index is 9.94. The van der Waals surface area contributed by atoms with E-state index in [4.69, 9.17) is 5.11 Å². The molecule has 0 bridgehead atoms. The number of hydrogen-bond donors (Lipinski definition) is 2. The van der Waals surface area contributed by atoms with Gasteiger partial charge in [-0.2, -0.15) is 0 Å². The average Bonchev–Trinajstić information content (AvgIpc) is 1.67. The highest BCUT2D eigenvalue weighted by Gasteiger charge is 1.97. The van der Waals surface area contributed by atoms with Crippen LogP contribution in [0, 0.1) is 0 Å². The van der Waals surface area contributed by atoms with E-state index in [9.17, 15) is 4.79 Å². The van der Waals surface area contributed by atoms with Gasteiger partial charge in [-0.1, -0.05) is 12.7 Å². The Labute approximate surface area is 54.3 Å². The molecule has 0 radical (unpaired) electrons. The first kappa shape index (κ1) is 10.8. The topological polar surface area (TPSA) is 72.3 Å². The number of rotatable bonds is 3. The van der Waals surface area contributed by atoms with E-state index < -0.39 is 5.97 Å². The summed E-state index contributed by atoms with van der Waals surface area (Å²) in [5, 5.41) is 8.17. The number of carbonyl (C=O) groups is 1. The maximum absolute atomic E-state index is 9.94. The zero-order chi connectivity index (χ0) is 6.57. The molecular formula is C6H11NO2. The number of hydrogen-bond acceptors (Lipinski definition) is 2. The van der Waals surface area contributed by atoms with Crippen molar-refractivity contribution in [3.63, 3.8) is 0 Å². The van der Waals surface area contributed by atoms with Crippen molar-refractivity contribution in [1.29, 1.82) is 0 Å². The summed E-state index contributed by atoms with van der Waals surface area (Å²) in [6.07, 6.45) is 1.87. The van der Waals surface area contributed by atoms with Crippen LogP contribution >= 0.6 is 0 Å². The van der Waals surface area contributed by atoms with Gasteiger partial charge in [0, 0.05) is 5.57 Å². The molecule has 0 aromatic carbocycles. The number of aliphatic carboxylic acids is 1. The lowest BCUT2D eigenvalue weighted by Gasteiger charge is -1.89. The molecule has 0 unspecified atom stereocenters. The summed E-state index contributed by atoms with van der Waals surface area (Å²) in [5.74, 6) is -0.954. The second-order valence-electron chi connectivity index (χ2n) is 1.40. The van der Waals surface area contributed by atoms with Crippen molar-refractivity contribution in [3.05, 3.63) is 24.8 Å². The third-order valence-corrected chi connectivity index (χ3v) is 0.693. The predicted octanol–water partition coefficient (Wildman–Crippen LogP) is 1.37. The fourth-order valence-corrected chi connectivity index (χ4v) is 0.262. The molecular weight excluding hydrogens is 118 g/mol. The van der Waals surface area contributed by atoms with E-state index in [0.717, 1.165) is 0 Å². The number of carboxylic acids is 1. The first-order valence-corrected chi connectivity index (χ1v) is 2.20. The van der Waals surface area contributed by atoms with Gasteiger partial charge in [0.25, 0.3) is 0 Å². The van der Waals surface area contributed by atoms with Crippen molar-refractivity contribution < 1.29 is 9.90 Å². The van der Waals surface area contributed by atoms with Crippen molar-refractivity contribution >= 4 is 5.97 Å². The van der Waals surface area contributed by atoms with Crippen LogP contribution in [0.2, 0.25) is 0 Å². The quantitative estimate of drug-likeness (QED) is 0.446. The van der Waals surface area contributed by atoms with Gasteiger partial charge >= 0.3 is 5.97 Å². The van der Waals surface area contributed by atoms with Crippen molar-refractivity contribution in [3.8, 4) is 0 Å². The molecule has 0 aliphatic carbocycles. The van der Waals surface area contributed by atoms with Crippen LogP contribution in [0.1, 0.15) is 6.42 Å². The molecule has 0 spiro atoms. The summed E-state index contributed by atoms with van der Waals surface area (Å²) in [4.78, 5) is 9.94. The third kappa shape index (κ3) is 4.77. The van der Waals surface area contributed by atoms with Crippen LogP contribution in [-0.2, 0) is 4.79 Å². The van der Waals surface area contributed by atoms with Gasteiger partial charge in [0.1, 0.15) is 0 Å². The van der Waals surface area contributed by atoms with E-state index >= 15 is 0 Å². The molecule has 0 fully saturated rings. The molecule has 4 N–H and O–H groups in total. The molecule has 0 aromatic heterocycles. The summed E-state index contributed by atoms with van der Waals surface area (Å²) >= 11 is 0. The zero-order valence-electron chi connectivity index (χ0n) is 5.26. The maximum Gasteiger partial charge on any atom is 0.331 e. The molecule has 0 heterocycles. The van der Waals surface area contributed by atoms with Gasteiger partial charge in [-0.15, -0.1) is 6.58 Å². The van der Waals surface area contributed by atoms with Crippen molar-refractivity contribution in [1.82, 2.24) is 6.15 Å². The predicted molar refractivity (Wildman–Crippen MR) is 36.6 cm³/mol. The Kier molecular flexibility index (Phi) is 6.07. The van der Waals surface area contributed by atoms with Gasteiger partial charge in [-0.3, -0.25) is 0 Å². The number of allylic oxidation sites excluding steroid dienone is 1. The average molecular weight is 129 g/mol. The van der Waals surface area contributed by atoms with Crippen molar-refractivity contribution in [2.45, 2.75) is 6.42 Å². The smallest absolute Gasteiger partial charge is 0.331 e. The lowest BCUT2D eigenvalue weighted by Crippen LogP contribution is -1.96. The molecule has 0 saturated carbocycles. The van der Waals surface area contributed by atoms with E-state index in [2.05, 4.69) is 13.2 Å². The molecule has 0 aliphatic heterocycles. The Morgan fingerprint density at radius 1 is 1.67 bits per heavy atom. The van der Waals surface area contributed by atoms with Crippen LogP contribution in [0.5, 0.6) is 0 Å². The first-order chi connectivity index (χ1) is 3.68. The van der Waals surface area contributed by atoms with Gasteiger partial charge in [-0.05, 0) is 6.42 Å². The summed E-state index contributed by atoms with van der Waals surface area (Å²) in [7, 11) is 0. The van der Waals surface area contributed by atoms with Crippen LogP contribution in [0.3, 0.4) is 0 Å². The van der Waals surface area contributed by atoms with Gasteiger partial charge in [0.05, 0.1) is 0 Å². The highest BCUT2D eigenvalue weighted by Crippen LogP contribution is 1.95. The van der Waals surface area contributed by atoms with E-state index in [1.165, 1.54) is 6.08 Å². The van der Waals surface area contributed by atoms with Crippen LogP contribution < -0.4 is 6.15 Å². The van der Waals surface area contributed by atoms with Gasteiger partial charge in [-0.25, -0.2) is 4.79 Å². The fraction of sp³-hybridized carbons (Fsp3) is 0.167. The molecule has 0 amide bonds. The lowest BCUT2D eigenvalue weighted by atomic mass is 10.2. The van der Waals surface area contributed by atoms with Crippen molar-refractivity contribution in [2.24, 2.45) is 0 Å². The molecule has 0 saturated heterocycles. The highest BCUT2D eigenvalue weighted by molar-refractivity contribution is 5.85. The standard InChI is InChI=1S/C6H8O2.H3N/c1-3-4-5(2)6(7)8;/h3H,1-2,4H2,(H,7,8);1H3. The Morgan fingerprint density at radius 3 is 2.22 bits per heavy atom. The van der Waals surface area contributed by atoms with Crippen molar-refractivity contribution in [2.75, 3.05) is 0 Å². The lowest BCUT2D eigenvalue weighted by molar-refractivity contribution is -0.132. The number of carboxylic acid groups (broad SMARTS) is 1. The Balaban J connectivity index is 0. The molecule has 0 aliphatic rings. The molecule has 52 valence electrons. The Morgan fingerprint density at radius 2 is 2.11 bits per heavy atom. The van der Waals surface area contributed by atoms with Gasteiger partial charge in [0.2, 0.25) is 0 Å². The summed E-state index contributed by atoms with van der Waals surface area (Å²) in [5.41, 5.74) is 0.181.